The van der Waals surface area contributed by atoms with Gasteiger partial charge in [0.2, 0.25) is 5.54 Å². The highest BCUT2D eigenvalue weighted by atomic mass is 16.5. The van der Waals surface area contributed by atoms with E-state index in [1.807, 2.05) is 0 Å². The van der Waals surface area contributed by atoms with Crippen molar-refractivity contribution >= 4 is 11.9 Å². The first-order chi connectivity index (χ1) is 5.17. The number of carbonyl (C=O) groups excluding carboxylic acids is 2. The third-order valence-corrected chi connectivity index (χ3v) is 1.60. The molecular formula is C6H9NO4. The first-order valence-electron chi connectivity index (χ1n) is 3.09. The molecular weight excluding hydrogens is 150 g/mol. The van der Waals surface area contributed by atoms with Crippen molar-refractivity contribution in [3.05, 3.63) is 0 Å². The molecule has 1 N–H and O–H groups in total. The van der Waals surface area contributed by atoms with E-state index in [1.54, 1.807) is 0 Å². The molecule has 0 unspecified atom stereocenters. The highest BCUT2D eigenvalue weighted by Crippen LogP contribution is 2.19. The Balaban J connectivity index is 2.67. The zero-order chi connectivity index (χ0) is 8.48. The fourth-order valence-corrected chi connectivity index (χ4v) is 0.809. The van der Waals surface area contributed by atoms with E-state index < -0.39 is 17.5 Å². The standard InChI is InChI=1S/C6H9NO4/c1-10-4(8)6(3-7-6)5(9)11-2/h7H,3H2,1-2H3. The number of hydrogen-bond acceptors (Lipinski definition) is 5. The summed E-state index contributed by atoms with van der Waals surface area (Å²) >= 11 is 0. The van der Waals surface area contributed by atoms with E-state index in [9.17, 15) is 9.59 Å². The van der Waals surface area contributed by atoms with Gasteiger partial charge in [-0.1, -0.05) is 0 Å². The molecule has 0 bridgehead atoms. The highest BCUT2D eigenvalue weighted by molar-refractivity contribution is 6.08. The summed E-state index contributed by atoms with van der Waals surface area (Å²) in [4.78, 5) is 21.8. The molecule has 0 saturated carbocycles. The molecule has 1 aliphatic heterocycles. The third-order valence-electron chi connectivity index (χ3n) is 1.60. The maximum absolute atomic E-state index is 10.9. The van der Waals surface area contributed by atoms with Crippen LogP contribution in [-0.4, -0.2) is 38.2 Å². The van der Waals surface area contributed by atoms with Gasteiger partial charge in [0, 0.05) is 6.54 Å². The normalized spacial score (nSPS) is 18.7. The maximum atomic E-state index is 10.9. The van der Waals surface area contributed by atoms with Crippen molar-refractivity contribution in [2.45, 2.75) is 5.54 Å². The van der Waals surface area contributed by atoms with E-state index in [0.29, 0.717) is 6.54 Å². The van der Waals surface area contributed by atoms with Crippen LogP contribution in [-0.2, 0) is 19.1 Å². The first kappa shape index (κ1) is 8.00. The summed E-state index contributed by atoms with van der Waals surface area (Å²) in [6, 6.07) is 0. The van der Waals surface area contributed by atoms with Gasteiger partial charge in [0.05, 0.1) is 14.2 Å². The fraction of sp³-hybridized carbons (Fsp3) is 0.667. The van der Waals surface area contributed by atoms with Crippen molar-refractivity contribution in [1.29, 1.82) is 0 Å². The van der Waals surface area contributed by atoms with Crippen LogP contribution < -0.4 is 5.32 Å². The van der Waals surface area contributed by atoms with E-state index in [2.05, 4.69) is 14.8 Å². The van der Waals surface area contributed by atoms with Crippen molar-refractivity contribution < 1.29 is 19.1 Å². The van der Waals surface area contributed by atoms with Crippen LogP contribution in [0, 0.1) is 0 Å². The largest absolute Gasteiger partial charge is 0.467 e. The summed E-state index contributed by atoms with van der Waals surface area (Å²) in [5.74, 6) is -1.19. The lowest BCUT2D eigenvalue weighted by molar-refractivity contribution is -0.155. The summed E-state index contributed by atoms with van der Waals surface area (Å²) in [6.07, 6.45) is 0. The predicted molar refractivity (Wildman–Crippen MR) is 34.8 cm³/mol. The highest BCUT2D eigenvalue weighted by Gasteiger charge is 2.59. The molecule has 62 valence electrons. The SMILES string of the molecule is COC(=O)C1(C(=O)OC)CN1. The molecule has 0 aromatic carbocycles. The molecule has 11 heavy (non-hydrogen) atoms. The number of ether oxygens (including phenoxy) is 2. The van der Waals surface area contributed by atoms with Crippen molar-refractivity contribution in [3.63, 3.8) is 0 Å². The molecule has 0 spiro atoms. The molecule has 0 aromatic heterocycles. The molecule has 5 nitrogen and oxygen atoms in total. The van der Waals surface area contributed by atoms with Gasteiger partial charge in [-0.3, -0.25) is 5.32 Å². The number of nitrogens with one attached hydrogen (secondary N) is 1. The van der Waals surface area contributed by atoms with Gasteiger partial charge >= 0.3 is 11.9 Å². The Morgan fingerprint density at radius 3 is 1.82 bits per heavy atom. The number of esters is 2. The van der Waals surface area contributed by atoms with Crippen molar-refractivity contribution in [3.8, 4) is 0 Å². The summed E-state index contributed by atoms with van der Waals surface area (Å²) in [6.45, 7) is 0.298. The molecule has 1 aliphatic rings. The van der Waals surface area contributed by atoms with Gasteiger partial charge in [-0.25, -0.2) is 9.59 Å². The zero-order valence-electron chi connectivity index (χ0n) is 6.34. The number of rotatable bonds is 2. The van der Waals surface area contributed by atoms with Crippen LogP contribution in [0.5, 0.6) is 0 Å². The summed E-state index contributed by atoms with van der Waals surface area (Å²) in [5, 5.41) is 2.60. The molecule has 0 aromatic rings. The molecule has 5 heteroatoms. The Morgan fingerprint density at radius 1 is 1.27 bits per heavy atom. The molecule has 1 fully saturated rings. The second kappa shape index (κ2) is 2.50. The Labute approximate surface area is 63.7 Å². The van der Waals surface area contributed by atoms with Crippen molar-refractivity contribution in [2.24, 2.45) is 0 Å². The van der Waals surface area contributed by atoms with Gasteiger partial charge in [-0.2, -0.15) is 0 Å². The van der Waals surface area contributed by atoms with Crippen molar-refractivity contribution in [2.75, 3.05) is 20.8 Å². The van der Waals surface area contributed by atoms with Gasteiger partial charge < -0.3 is 9.47 Å². The molecule has 0 aliphatic carbocycles. The van der Waals surface area contributed by atoms with E-state index in [4.69, 9.17) is 0 Å². The molecule has 1 saturated heterocycles. The molecule has 1 rings (SSSR count). The fourth-order valence-electron chi connectivity index (χ4n) is 0.809. The second-order valence-corrected chi connectivity index (χ2v) is 2.24. The van der Waals surface area contributed by atoms with Crippen LogP contribution in [0.1, 0.15) is 0 Å². The topological polar surface area (TPSA) is 74.5 Å². The average Bonchev–Trinajstić information content (AvgIpc) is 2.82. The van der Waals surface area contributed by atoms with Gasteiger partial charge in [-0.15, -0.1) is 0 Å². The first-order valence-corrected chi connectivity index (χ1v) is 3.09. The Morgan fingerprint density at radius 2 is 1.64 bits per heavy atom. The Bertz CT molecular complexity index is 179. The third kappa shape index (κ3) is 1.07. The van der Waals surface area contributed by atoms with Crippen LogP contribution >= 0.6 is 0 Å². The van der Waals surface area contributed by atoms with E-state index in [0.717, 1.165) is 0 Å². The maximum Gasteiger partial charge on any atom is 0.339 e. The Kier molecular flexibility index (Phi) is 1.82. The van der Waals surface area contributed by atoms with Gasteiger partial charge in [-0.05, 0) is 0 Å². The zero-order valence-corrected chi connectivity index (χ0v) is 6.34. The van der Waals surface area contributed by atoms with Crippen molar-refractivity contribution in [1.82, 2.24) is 5.32 Å². The van der Waals surface area contributed by atoms with Crippen LogP contribution in [0.2, 0.25) is 0 Å². The molecule has 0 atom stereocenters. The molecule has 0 amide bonds. The summed E-state index contributed by atoms with van der Waals surface area (Å²) in [5.41, 5.74) is -1.20. The summed E-state index contributed by atoms with van der Waals surface area (Å²) in [7, 11) is 2.46. The molecule has 0 radical (unpaired) electrons. The number of carbonyl (C=O) groups is 2. The van der Waals surface area contributed by atoms with Gasteiger partial charge in [0.15, 0.2) is 0 Å². The van der Waals surface area contributed by atoms with Gasteiger partial charge in [0.25, 0.3) is 0 Å². The smallest absolute Gasteiger partial charge is 0.339 e. The minimum Gasteiger partial charge on any atom is -0.467 e. The average molecular weight is 159 g/mol. The van der Waals surface area contributed by atoms with E-state index in [-0.39, 0.29) is 0 Å². The van der Waals surface area contributed by atoms with Crippen LogP contribution in [0.15, 0.2) is 0 Å². The van der Waals surface area contributed by atoms with Crippen LogP contribution in [0.25, 0.3) is 0 Å². The van der Waals surface area contributed by atoms with E-state index >= 15 is 0 Å². The lowest BCUT2D eigenvalue weighted by atomic mass is 10.2. The van der Waals surface area contributed by atoms with Gasteiger partial charge in [0.1, 0.15) is 0 Å². The predicted octanol–water partition coefficient (Wildman–Crippen LogP) is -1.33. The Hall–Kier alpha value is -1.10. The second-order valence-electron chi connectivity index (χ2n) is 2.24. The van der Waals surface area contributed by atoms with E-state index in [1.165, 1.54) is 14.2 Å². The minimum atomic E-state index is -1.20. The lowest BCUT2D eigenvalue weighted by Crippen LogP contribution is -2.39. The monoisotopic (exact) mass is 159 g/mol. The summed E-state index contributed by atoms with van der Waals surface area (Å²) < 4.78 is 8.80. The quantitative estimate of drug-likeness (QED) is 0.307. The minimum absolute atomic E-state index is 0.298. The van der Waals surface area contributed by atoms with Crippen LogP contribution in [0.4, 0.5) is 0 Å². The molecule has 1 heterocycles. The number of methoxy groups -OCH3 is 2. The van der Waals surface area contributed by atoms with Crippen LogP contribution in [0.3, 0.4) is 0 Å². The lowest BCUT2D eigenvalue weighted by Gasteiger charge is -2.06. The number of hydrogen-bond donors (Lipinski definition) is 1.